The summed E-state index contributed by atoms with van der Waals surface area (Å²) in [5.74, 6) is 0.655. The molecule has 0 aliphatic carbocycles. The average Bonchev–Trinajstić information content (AvgIpc) is 2.89. The molecule has 0 bridgehead atoms. The second-order valence-electron chi connectivity index (χ2n) is 5.18. The number of rotatable bonds is 6. The first-order valence-corrected chi connectivity index (χ1v) is 7.29. The monoisotopic (exact) mass is 293 g/mol. The molecule has 4 heteroatoms. The van der Waals surface area contributed by atoms with Crippen molar-refractivity contribution in [1.29, 1.82) is 0 Å². The fourth-order valence-electron chi connectivity index (χ4n) is 2.29. The Balaban J connectivity index is 1.58. The van der Waals surface area contributed by atoms with Crippen LogP contribution in [0.5, 0.6) is 0 Å². The zero-order valence-corrected chi connectivity index (χ0v) is 12.4. The van der Waals surface area contributed by atoms with E-state index in [1.807, 2.05) is 54.6 Å². The summed E-state index contributed by atoms with van der Waals surface area (Å²) >= 11 is 0. The minimum absolute atomic E-state index is 0.459. The van der Waals surface area contributed by atoms with E-state index in [2.05, 4.69) is 17.2 Å². The molecule has 1 aromatic heterocycles. The van der Waals surface area contributed by atoms with E-state index in [0.29, 0.717) is 25.6 Å². The molecule has 0 saturated heterocycles. The van der Waals surface area contributed by atoms with Gasteiger partial charge in [0.1, 0.15) is 5.82 Å². The molecule has 0 amide bonds. The second-order valence-corrected chi connectivity index (χ2v) is 5.18. The van der Waals surface area contributed by atoms with Crippen molar-refractivity contribution in [1.82, 2.24) is 9.78 Å². The summed E-state index contributed by atoms with van der Waals surface area (Å²) < 4.78 is 7.50. The highest BCUT2D eigenvalue weighted by atomic mass is 16.5. The molecule has 4 nitrogen and oxygen atoms in total. The predicted octanol–water partition coefficient (Wildman–Crippen LogP) is 3.23. The molecule has 0 spiro atoms. The third-order valence-corrected chi connectivity index (χ3v) is 3.40. The molecule has 0 aliphatic rings. The molecule has 2 N–H and O–H groups in total. The van der Waals surface area contributed by atoms with Crippen LogP contribution in [0.1, 0.15) is 16.8 Å². The molecular formula is C18H19N3O. The van der Waals surface area contributed by atoms with Crippen molar-refractivity contribution in [2.75, 3.05) is 5.73 Å². The lowest BCUT2D eigenvalue weighted by Gasteiger charge is -2.04. The highest BCUT2D eigenvalue weighted by Gasteiger charge is 2.06. The number of ether oxygens (including phenoxy) is 1. The Morgan fingerprint density at radius 1 is 0.864 bits per heavy atom. The van der Waals surface area contributed by atoms with Crippen LogP contribution in [0.3, 0.4) is 0 Å². The summed E-state index contributed by atoms with van der Waals surface area (Å²) in [5, 5.41) is 4.50. The number of nitrogens with zero attached hydrogens (tertiary/aromatic N) is 2. The maximum Gasteiger partial charge on any atom is 0.122 e. The Kier molecular flexibility index (Phi) is 4.51. The zero-order valence-electron chi connectivity index (χ0n) is 12.4. The van der Waals surface area contributed by atoms with E-state index in [-0.39, 0.29) is 0 Å². The number of nitrogen functional groups attached to an aromatic ring is 1. The Bertz CT molecular complexity index is 708. The molecule has 0 radical (unpaired) electrons. The topological polar surface area (TPSA) is 53.1 Å². The molecule has 112 valence electrons. The Labute approximate surface area is 130 Å². The SMILES string of the molecule is Nc1cc(COCc2ccccc2)nn1Cc1ccccc1. The van der Waals surface area contributed by atoms with Gasteiger partial charge >= 0.3 is 0 Å². The van der Waals surface area contributed by atoms with Crippen molar-refractivity contribution in [3.63, 3.8) is 0 Å². The lowest BCUT2D eigenvalue weighted by atomic mass is 10.2. The molecule has 0 saturated carbocycles. The van der Waals surface area contributed by atoms with E-state index >= 15 is 0 Å². The highest BCUT2D eigenvalue weighted by molar-refractivity contribution is 5.32. The number of nitrogens with two attached hydrogens (primary N) is 1. The largest absolute Gasteiger partial charge is 0.384 e. The lowest BCUT2D eigenvalue weighted by molar-refractivity contribution is 0.104. The summed E-state index contributed by atoms with van der Waals surface area (Å²) in [5.41, 5.74) is 9.20. The van der Waals surface area contributed by atoms with Gasteiger partial charge in [-0.25, -0.2) is 4.68 Å². The number of anilines is 1. The van der Waals surface area contributed by atoms with Crippen LogP contribution in [0.25, 0.3) is 0 Å². The third kappa shape index (κ3) is 3.74. The van der Waals surface area contributed by atoms with Gasteiger partial charge in [0.15, 0.2) is 0 Å². The van der Waals surface area contributed by atoms with Crippen molar-refractivity contribution >= 4 is 5.82 Å². The molecule has 2 aromatic carbocycles. The third-order valence-electron chi connectivity index (χ3n) is 3.40. The molecule has 0 unspecified atom stereocenters. The smallest absolute Gasteiger partial charge is 0.122 e. The van der Waals surface area contributed by atoms with Gasteiger partial charge in [-0.2, -0.15) is 5.10 Å². The van der Waals surface area contributed by atoms with Gasteiger partial charge in [-0.15, -0.1) is 0 Å². The first-order valence-electron chi connectivity index (χ1n) is 7.29. The van der Waals surface area contributed by atoms with Crippen LogP contribution in [0.4, 0.5) is 5.82 Å². The van der Waals surface area contributed by atoms with Crippen LogP contribution >= 0.6 is 0 Å². The summed E-state index contributed by atoms with van der Waals surface area (Å²) in [6.07, 6.45) is 0. The van der Waals surface area contributed by atoms with Crippen molar-refractivity contribution < 1.29 is 4.74 Å². The van der Waals surface area contributed by atoms with Gasteiger partial charge in [0, 0.05) is 6.07 Å². The molecule has 0 aliphatic heterocycles. The van der Waals surface area contributed by atoms with Gasteiger partial charge in [0.25, 0.3) is 0 Å². The molecule has 0 fully saturated rings. The van der Waals surface area contributed by atoms with Gasteiger partial charge in [-0.1, -0.05) is 60.7 Å². The van der Waals surface area contributed by atoms with E-state index in [4.69, 9.17) is 10.5 Å². The van der Waals surface area contributed by atoms with Crippen LogP contribution in [0.2, 0.25) is 0 Å². The van der Waals surface area contributed by atoms with Crippen molar-refractivity contribution in [3.8, 4) is 0 Å². The van der Waals surface area contributed by atoms with E-state index in [9.17, 15) is 0 Å². The van der Waals surface area contributed by atoms with Gasteiger partial charge in [0.05, 0.1) is 25.5 Å². The van der Waals surface area contributed by atoms with Gasteiger partial charge in [-0.3, -0.25) is 0 Å². The standard InChI is InChI=1S/C18H19N3O/c19-18-11-17(14-22-13-16-9-5-2-6-10-16)20-21(18)12-15-7-3-1-4-8-15/h1-11H,12-14,19H2. The minimum Gasteiger partial charge on any atom is -0.384 e. The summed E-state index contributed by atoms with van der Waals surface area (Å²) in [6.45, 7) is 1.71. The molecule has 22 heavy (non-hydrogen) atoms. The van der Waals surface area contributed by atoms with E-state index in [1.165, 1.54) is 5.56 Å². The summed E-state index contributed by atoms with van der Waals surface area (Å²) in [6, 6.07) is 22.1. The van der Waals surface area contributed by atoms with E-state index < -0.39 is 0 Å². The number of aromatic nitrogens is 2. The van der Waals surface area contributed by atoms with Gasteiger partial charge in [0.2, 0.25) is 0 Å². The molecule has 1 heterocycles. The van der Waals surface area contributed by atoms with Crippen molar-refractivity contribution in [3.05, 3.63) is 83.6 Å². The number of hydrogen-bond acceptors (Lipinski definition) is 3. The van der Waals surface area contributed by atoms with Gasteiger partial charge < -0.3 is 10.5 Å². The molecule has 3 aromatic rings. The molecule has 3 rings (SSSR count). The molecular weight excluding hydrogens is 274 g/mol. The zero-order chi connectivity index (χ0) is 15.2. The average molecular weight is 293 g/mol. The van der Waals surface area contributed by atoms with Crippen molar-refractivity contribution in [2.45, 2.75) is 19.8 Å². The quantitative estimate of drug-likeness (QED) is 0.759. The maximum absolute atomic E-state index is 6.02. The van der Waals surface area contributed by atoms with Crippen LogP contribution < -0.4 is 5.73 Å². The van der Waals surface area contributed by atoms with Crippen LogP contribution in [0.15, 0.2) is 66.7 Å². The van der Waals surface area contributed by atoms with E-state index in [1.54, 1.807) is 4.68 Å². The first-order chi connectivity index (χ1) is 10.8. The van der Waals surface area contributed by atoms with Crippen molar-refractivity contribution in [2.24, 2.45) is 0 Å². The lowest BCUT2D eigenvalue weighted by Crippen LogP contribution is -2.06. The fourth-order valence-corrected chi connectivity index (χ4v) is 2.29. The Hall–Kier alpha value is -2.59. The normalized spacial score (nSPS) is 10.7. The number of benzene rings is 2. The Morgan fingerprint density at radius 2 is 1.50 bits per heavy atom. The van der Waals surface area contributed by atoms with E-state index in [0.717, 1.165) is 11.3 Å². The Morgan fingerprint density at radius 3 is 2.18 bits per heavy atom. The fraction of sp³-hybridized carbons (Fsp3) is 0.167. The van der Waals surface area contributed by atoms with Crippen LogP contribution in [-0.4, -0.2) is 9.78 Å². The first kappa shape index (κ1) is 14.4. The van der Waals surface area contributed by atoms with Gasteiger partial charge in [-0.05, 0) is 11.1 Å². The second kappa shape index (κ2) is 6.91. The summed E-state index contributed by atoms with van der Waals surface area (Å²) in [7, 11) is 0. The van der Waals surface area contributed by atoms with Crippen LogP contribution in [-0.2, 0) is 24.5 Å². The maximum atomic E-state index is 6.02. The van der Waals surface area contributed by atoms with Crippen LogP contribution in [0, 0.1) is 0 Å². The minimum atomic E-state index is 0.459. The number of hydrogen-bond donors (Lipinski definition) is 1. The predicted molar refractivity (Wildman–Crippen MR) is 87.1 cm³/mol. The highest BCUT2D eigenvalue weighted by Crippen LogP contribution is 2.12. The molecule has 0 atom stereocenters. The summed E-state index contributed by atoms with van der Waals surface area (Å²) in [4.78, 5) is 0.